The van der Waals surface area contributed by atoms with Crippen molar-refractivity contribution in [2.45, 2.75) is 13.5 Å². The number of methoxy groups -OCH3 is 2. The topological polar surface area (TPSA) is 75.2 Å². The van der Waals surface area contributed by atoms with Crippen molar-refractivity contribution in [3.8, 4) is 22.9 Å². The summed E-state index contributed by atoms with van der Waals surface area (Å²) in [5, 5.41) is 0. The molecule has 6 heteroatoms. The second kappa shape index (κ2) is 6.26. The zero-order valence-electron chi connectivity index (χ0n) is 13.5. The van der Waals surface area contributed by atoms with E-state index in [0.717, 1.165) is 39.6 Å². The molecule has 0 aliphatic carbocycles. The molecule has 0 unspecified atom stereocenters. The molecule has 2 aromatic heterocycles. The Morgan fingerprint density at radius 3 is 2.39 bits per heavy atom. The number of hydrogen-bond acceptors (Lipinski definition) is 5. The predicted molar refractivity (Wildman–Crippen MR) is 89.9 cm³/mol. The number of aromatic nitrogens is 3. The Hall–Kier alpha value is -2.60. The fourth-order valence-electron chi connectivity index (χ4n) is 2.61. The van der Waals surface area contributed by atoms with E-state index in [2.05, 4.69) is 4.98 Å². The number of ether oxygens (including phenoxy) is 2. The molecule has 3 rings (SSSR count). The van der Waals surface area contributed by atoms with Crippen molar-refractivity contribution >= 4 is 11.2 Å². The zero-order chi connectivity index (χ0) is 16.4. The van der Waals surface area contributed by atoms with Crippen LogP contribution in [0.1, 0.15) is 5.56 Å². The third-order valence-electron chi connectivity index (χ3n) is 3.68. The van der Waals surface area contributed by atoms with Crippen LogP contribution >= 0.6 is 0 Å². The Morgan fingerprint density at radius 1 is 1.09 bits per heavy atom. The highest BCUT2D eigenvalue weighted by atomic mass is 16.5. The van der Waals surface area contributed by atoms with Gasteiger partial charge < -0.3 is 19.8 Å². The van der Waals surface area contributed by atoms with Gasteiger partial charge in [-0.05, 0) is 30.7 Å². The molecule has 0 aliphatic heterocycles. The first-order chi connectivity index (χ1) is 11.2. The Morgan fingerprint density at radius 2 is 1.78 bits per heavy atom. The van der Waals surface area contributed by atoms with Gasteiger partial charge in [-0.1, -0.05) is 0 Å². The minimum atomic E-state index is 0.509. The van der Waals surface area contributed by atoms with Gasteiger partial charge in [0.15, 0.2) is 5.65 Å². The van der Waals surface area contributed by atoms with Gasteiger partial charge in [0.25, 0.3) is 0 Å². The van der Waals surface area contributed by atoms with Crippen molar-refractivity contribution in [3.05, 3.63) is 36.0 Å². The van der Waals surface area contributed by atoms with Crippen molar-refractivity contribution in [3.63, 3.8) is 0 Å². The van der Waals surface area contributed by atoms with E-state index in [-0.39, 0.29) is 0 Å². The van der Waals surface area contributed by atoms with E-state index in [1.165, 1.54) is 0 Å². The van der Waals surface area contributed by atoms with Crippen LogP contribution in [0.25, 0.3) is 22.6 Å². The number of nitrogens with two attached hydrogens (primary N) is 1. The maximum atomic E-state index is 5.77. The highest BCUT2D eigenvalue weighted by molar-refractivity contribution is 5.78. The van der Waals surface area contributed by atoms with E-state index in [1.54, 1.807) is 14.2 Å². The number of fused-ring (bicyclic) bond motifs is 1. The van der Waals surface area contributed by atoms with E-state index in [9.17, 15) is 0 Å². The van der Waals surface area contributed by atoms with Crippen LogP contribution in [0.5, 0.6) is 11.5 Å². The first kappa shape index (κ1) is 15.3. The third-order valence-corrected chi connectivity index (χ3v) is 3.68. The molecule has 0 aliphatic rings. The number of imidazole rings is 1. The van der Waals surface area contributed by atoms with Crippen LogP contribution in [0.2, 0.25) is 0 Å². The van der Waals surface area contributed by atoms with Crippen molar-refractivity contribution in [2.75, 3.05) is 20.8 Å². The molecule has 23 heavy (non-hydrogen) atoms. The lowest BCUT2D eigenvalue weighted by Gasteiger charge is -2.10. The smallest absolute Gasteiger partial charge is 0.160 e. The molecule has 3 aromatic rings. The SMILES string of the molecule is COc1cc(OC)cc(-c2nc3cc(C)cnc3n2CCN)c1. The maximum Gasteiger partial charge on any atom is 0.160 e. The zero-order valence-corrected chi connectivity index (χ0v) is 13.5. The highest BCUT2D eigenvalue weighted by Crippen LogP contribution is 2.31. The van der Waals surface area contributed by atoms with Gasteiger partial charge in [-0.25, -0.2) is 9.97 Å². The lowest BCUT2D eigenvalue weighted by Crippen LogP contribution is -2.11. The molecule has 0 fully saturated rings. The van der Waals surface area contributed by atoms with Gasteiger partial charge >= 0.3 is 0 Å². The van der Waals surface area contributed by atoms with E-state index in [0.29, 0.717) is 13.1 Å². The largest absolute Gasteiger partial charge is 0.497 e. The molecule has 6 nitrogen and oxygen atoms in total. The van der Waals surface area contributed by atoms with Crippen LogP contribution in [0, 0.1) is 6.92 Å². The summed E-state index contributed by atoms with van der Waals surface area (Å²) >= 11 is 0. The van der Waals surface area contributed by atoms with Gasteiger partial charge in [0, 0.05) is 30.9 Å². The van der Waals surface area contributed by atoms with Gasteiger partial charge in [-0.15, -0.1) is 0 Å². The quantitative estimate of drug-likeness (QED) is 0.783. The van der Waals surface area contributed by atoms with Crippen LogP contribution in [-0.2, 0) is 6.54 Å². The first-order valence-corrected chi connectivity index (χ1v) is 7.42. The standard InChI is InChI=1S/C17H20N4O2/c1-11-6-15-17(19-10-11)21(5-4-18)16(20-15)12-7-13(22-2)9-14(8-12)23-3/h6-10H,4-5,18H2,1-3H3. The van der Waals surface area contributed by atoms with Gasteiger partial charge in [0.1, 0.15) is 22.8 Å². The average Bonchev–Trinajstić information content (AvgIpc) is 2.92. The van der Waals surface area contributed by atoms with Crippen molar-refractivity contribution in [1.82, 2.24) is 14.5 Å². The Balaban J connectivity index is 2.24. The number of benzene rings is 1. The second-order valence-corrected chi connectivity index (χ2v) is 5.33. The molecular weight excluding hydrogens is 292 g/mol. The summed E-state index contributed by atoms with van der Waals surface area (Å²) in [5.41, 5.74) is 9.44. The molecular formula is C17H20N4O2. The summed E-state index contributed by atoms with van der Waals surface area (Å²) < 4.78 is 12.7. The molecule has 0 atom stereocenters. The van der Waals surface area contributed by atoms with E-state index in [4.69, 9.17) is 20.2 Å². The maximum absolute atomic E-state index is 5.77. The minimum absolute atomic E-state index is 0.509. The molecule has 2 heterocycles. The predicted octanol–water partition coefficient (Wildman–Crippen LogP) is 2.38. The number of rotatable bonds is 5. The normalized spacial score (nSPS) is 11.0. The Kier molecular flexibility index (Phi) is 4.16. The number of nitrogens with zero attached hydrogens (tertiary/aromatic N) is 3. The third kappa shape index (κ3) is 2.85. The highest BCUT2D eigenvalue weighted by Gasteiger charge is 2.15. The minimum Gasteiger partial charge on any atom is -0.497 e. The molecule has 0 saturated heterocycles. The molecule has 2 N–H and O–H groups in total. The van der Waals surface area contributed by atoms with Gasteiger partial charge in [0.2, 0.25) is 0 Å². The summed E-state index contributed by atoms with van der Waals surface area (Å²) in [5.74, 6) is 2.24. The summed E-state index contributed by atoms with van der Waals surface area (Å²) in [6, 6.07) is 7.73. The van der Waals surface area contributed by atoms with Crippen molar-refractivity contribution < 1.29 is 9.47 Å². The Labute approximate surface area is 134 Å². The fraction of sp³-hybridized carbons (Fsp3) is 0.294. The lowest BCUT2D eigenvalue weighted by atomic mass is 10.2. The number of hydrogen-bond donors (Lipinski definition) is 1. The molecule has 1 aromatic carbocycles. The molecule has 120 valence electrons. The summed E-state index contributed by atoms with van der Waals surface area (Å²) in [7, 11) is 3.26. The Bertz CT molecular complexity index is 820. The monoisotopic (exact) mass is 312 g/mol. The van der Waals surface area contributed by atoms with Crippen LogP contribution in [0.4, 0.5) is 0 Å². The summed E-state index contributed by atoms with van der Waals surface area (Å²) in [6.45, 7) is 3.15. The van der Waals surface area contributed by atoms with Crippen LogP contribution < -0.4 is 15.2 Å². The number of pyridine rings is 1. The molecule has 0 spiro atoms. The van der Waals surface area contributed by atoms with Crippen LogP contribution in [0.15, 0.2) is 30.5 Å². The summed E-state index contributed by atoms with van der Waals surface area (Å²) in [4.78, 5) is 9.26. The fourth-order valence-corrected chi connectivity index (χ4v) is 2.61. The van der Waals surface area contributed by atoms with Crippen molar-refractivity contribution in [1.29, 1.82) is 0 Å². The van der Waals surface area contributed by atoms with Gasteiger partial charge in [-0.2, -0.15) is 0 Å². The van der Waals surface area contributed by atoms with Crippen molar-refractivity contribution in [2.24, 2.45) is 5.73 Å². The van der Waals surface area contributed by atoms with Crippen LogP contribution in [0.3, 0.4) is 0 Å². The molecule has 0 radical (unpaired) electrons. The molecule has 0 amide bonds. The van der Waals surface area contributed by atoms with Crippen LogP contribution in [-0.4, -0.2) is 35.3 Å². The van der Waals surface area contributed by atoms with E-state index >= 15 is 0 Å². The van der Waals surface area contributed by atoms with Gasteiger partial charge in [0.05, 0.1) is 14.2 Å². The summed E-state index contributed by atoms with van der Waals surface area (Å²) in [6.07, 6.45) is 1.84. The van der Waals surface area contributed by atoms with E-state index < -0.39 is 0 Å². The van der Waals surface area contributed by atoms with E-state index in [1.807, 2.05) is 42.0 Å². The second-order valence-electron chi connectivity index (χ2n) is 5.33. The molecule has 0 saturated carbocycles. The average molecular weight is 312 g/mol. The molecule has 0 bridgehead atoms. The number of aryl methyl sites for hydroxylation is 1. The lowest BCUT2D eigenvalue weighted by molar-refractivity contribution is 0.394. The first-order valence-electron chi connectivity index (χ1n) is 7.42. The van der Waals surface area contributed by atoms with Gasteiger partial charge in [-0.3, -0.25) is 0 Å².